The highest BCUT2D eigenvalue weighted by Gasteiger charge is 2.09. The van der Waals surface area contributed by atoms with E-state index in [0.717, 1.165) is 0 Å². The first-order valence-electron chi connectivity index (χ1n) is 6.53. The number of carbonyl (C=O) groups is 1. The van der Waals surface area contributed by atoms with Crippen molar-refractivity contribution in [2.45, 2.75) is 0 Å². The number of nitrogens with zero attached hydrogens (tertiary/aromatic N) is 2. The monoisotopic (exact) mass is 296 g/mol. The van der Waals surface area contributed by atoms with Crippen LogP contribution in [0.1, 0.15) is 10.4 Å². The Labute approximate surface area is 124 Å². The molecule has 0 radical (unpaired) electrons. The number of carboxylic acid groups (broad SMARTS) is 1. The fraction of sp³-hybridized carbons (Fsp3) is 0.0625. The van der Waals surface area contributed by atoms with Gasteiger partial charge in [-0.3, -0.25) is 9.20 Å². The van der Waals surface area contributed by atoms with Crippen molar-refractivity contribution in [1.82, 2.24) is 9.38 Å². The van der Waals surface area contributed by atoms with E-state index >= 15 is 0 Å². The smallest absolute Gasteiger partial charge is 0.337 e. The van der Waals surface area contributed by atoms with Crippen molar-refractivity contribution in [1.29, 1.82) is 0 Å². The molecule has 0 aliphatic rings. The van der Waals surface area contributed by atoms with Crippen LogP contribution in [0.3, 0.4) is 0 Å². The SMILES string of the molecule is C=CCOc1ccc2nc3ccc(C(=O)O)cn3c(=O)c2c1. The maximum Gasteiger partial charge on any atom is 0.337 e. The topological polar surface area (TPSA) is 80.9 Å². The molecule has 6 nitrogen and oxygen atoms in total. The van der Waals surface area contributed by atoms with Crippen LogP contribution in [0.25, 0.3) is 16.6 Å². The van der Waals surface area contributed by atoms with Crippen LogP contribution in [0, 0.1) is 0 Å². The molecule has 0 saturated heterocycles. The molecule has 0 atom stereocenters. The molecule has 0 fully saturated rings. The Bertz CT molecular complexity index is 959. The molecule has 6 heteroatoms. The largest absolute Gasteiger partial charge is 0.490 e. The van der Waals surface area contributed by atoms with Crippen LogP contribution in [0.5, 0.6) is 5.75 Å². The third-order valence-corrected chi connectivity index (χ3v) is 3.19. The summed E-state index contributed by atoms with van der Waals surface area (Å²) in [4.78, 5) is 27.9. The van der Waals surface area contributed by atoms with E-state index in [0.29, 0.717) is 28.9 Å². The summed E-state index contributed by atoms with van der Waals surface area (Å²) in [7, 11) is 0. The van der Waals surface area contributed by atoms with E-state index in [4.69, 9.17) is 9.84 Å². The Kier molecular flexibility index (Phi) is 3.34. The van der Waals surface area contributed by atoms with Crippen molar-refractivity contribution in [2.24, 2.45) is 0 Å². The maximum absolute atomic E-state index is 12.5. The zero-order valence-corrected chi connectivity index (χ0v) is 11.5. The first-order valence-corrected chi connectivity index (χ1v) is 6.53. The van der Waals surface area contributed by atoms with E-state index in [1.807, 2.05) is 0 Å². The quantitative estimate of drug-likeness (QED) is 0.589. The van der Waals surface area contributed by atoms with Gasteiger partial charge in [0.2, 0.25) is 0 Å². The number of aromatic carboxylic acids is 1. The minimum absolute atomic E-state index is 0.0230. The van der Waals surface area contributed by atoms with Crippen LogP contribution in [0.4, 0.5) is 0 Å². The van der Waals surface area contributed by atoms with Gasteiger partial charge < -0.3 is 9.84 Å². The average Bonchev–Trinajstić information content (AvgIpc) is 2.53. The number of fused-ring (bicyclic) bond motifs is 2. The number of hydrogen-bond donors (Lipinski definition) is 1. The number of benzene rings is 1. The van der Waals surface area contributed by atoms with Gasteiger partial charge in [-0.15, -0.1) is 0 Å². The van der Waals surface area contributed by atoms with Gasteiger partial charge in [0.15, 0.2) is 0 Å². The molecular formula is C16H12N2O4. The van der Waals surface area contributed by atoms with Gasteiger partial charge in [-0.2, -0.15) is 0 Å². The zero-order chi connectivity index (χ0) is 15.7. The van der Waals surface area contributed by atoms with E-state index in [-0.39, 0.29) is 11.1 Å². The number of rotatable bonds is 4. The van der Waals surface area contributed by atoms with Gasteiger partial charge in [-0.1, -0.05) is 12.7 Å². The third kappa shape index (κ3) is 2.31. The second-order valence-electron chi connectivity index (χ2n) is 4.65. The van der Waals surface area contributed by atoms with E-state index in [9.17, 15) is 9.59 Å². The Morgan fingerprint density at radius 3 is 2.91 bits per heavy atom. The molecule has 0 aliphatic carbocycles. The van der Waals surface area contributed by atoms with Crippen molar-refractivity contribution in [2.75, 3.05) is 6.61 Å². The van der Waals surface area contributed by atoms with Gasteiger partial charge in [0, 0.05) is 6.20 Å². The highest BCUT2D eigenvalue weighted by Crippen LogP contribution is 2.18. The molecule has 2 heterocycles. The Morgan fingerprint density at radius 2 is 2.18 bits per heavy atom. The molecule has 1 aromatic carbocycles. The van der Waals surface area contributed by atoms with Crippen LogP contribution >= 0.6 is 0 Å². The van der Waals surface area contributed by atoms with Crippen LogP contribution in [0.2, 0.25) is 0 Å². The highest BCUT2D eigenvalue weighted by atomic mass is 16.5. The average molecular weight is 296 g/mol. The second-order valence-corrected chi connectivity index (χ2v) is 4.65. The second kappa shape index (κ2) is 5.33. The van der Waals surface area contributed by atoms with Crippen LogP contribution in [0.15, 0.2) is 54.0 Å². The summed E-state index contributed by atoms with van der Waals surface area (Å²) in [5.74, 6) is -0.572. The highest BCUT2D eigenvalue weighted by molar-refractivity contribution is 5.88. The number of hydrogen-bond acceptors (Lipinski definition) is 4. The lowest BCUT2D eigenvalue weighted by Gasteiger charge is -2.07. The predicted octanol–water partition coefficient (Wildman–Crippen LogP) is 2.11. The van der Waals surface area contributed by atoms with Crippen molar-refractivity contribution in [3.8, 4) is 5.75 Å². The summed E-state index contributed by atoms with van der Waals surface area (Å²) in [5.41, 5.74) is 0.600. The van der Waals surface area contributed by atoms with Gasteiger partial charge >= 0.3 is 5.97 Å². The molecule has 3 aromatic rings. The molecule has 0 saturated carbocycles. The molecule has 0 unspecified atom stereocenters. The minimum Gasteiger partial charge on any atom is -0.490 e. The lowest BCUT2D eigenvalue weighted by atomic mass is 10.2. The van der Waals surface area contributed by atoms with Crippen molar-refractivity contribution in [3.63, 3.8) is 0 Å². The lowest BCUT2D eigenvalue weighted by molar-refractivity contribution is 0.0696. The molecule has 2 aromatic heterocycles. The molecule has 22 heavy (non-hydrogen) atoms. The van der Waals surface area contributed by atoms with Crippen molar-refractivity contribution >= 4 is 22.5 Å². The van der Waals surface area contributed by atoms with Gasteiger partial charge in [0.05, 0.1) is 16.5 Å². The van der Waals surface area contributed by atoms with Gasteiger partial charge in [-0.05, 0) is 30.3 Å². The fourth-order valence-electron chi connectivity index (χ4n) is 2.16. The minimum atomic E-state index is -1.10. The molecule has 110 valence electrons. The summed E-state index contributed by atoms with van der Waals surface area (Å²) < 4.78 is 6.63. The molecule has 0 amide bonds. The number of pyridine rings is 1. The van der Waals surface area contributed by atoms with E-state index in [1.165, 1.54) is 22.7 Å². The maximum atomic E-state index is 12.5. The summed E-state index contributed by atoms with van der Waals surface area (Å²) in [6.07, 6.45) is 2.87. The van der Waals surface area contributed by atoms with Gasteiger partial charge in [0.25, 0.3) is 5.56 Å². The molecular weight excluding hydrogens is 284 g/mol. The summed E-state index contributed by atoms with van der Waals surface area (Å²) in [6, 6.07) is 7.93. The molecule has 3 rings (SSSR count). The van der Waals surface area contributed by atoms with Crippen molar-refractivity contribution < 1.29 is 14.6 Å². The van der Waals surface area contributed by atoms with Crippen LogP contribution < -0.4 is 10.3 Å². The third-order valence-electron chi connectivity index (χ3n) is 3.19. The summed E-state index contributed by atoms with van der Waals surface area (Å²) >= 11 is 0. The van der Waals surface area contributed by atoms with E-state index in [1.54, 1.807) is 24.3 Å². The van der Waals surface area contributed by atoms with Crippen molar-refractivity contribution in [3.05, 3.63) is 65.1 Å². The standard InChI is InChI=1S/C16H12N2O4/c1-2-7-22-11-4-5-13-12(8-11)15(19)18-9-10(16(20)21)3-6-14(18)17-13/h2-6,8-9H,1,7H2,(H,20,21). The first-order chi connectivity index (χ1) is 10.6. The molecule has 0 bridgehead atoms. The molecule has 0 spiro atoms. The Balaban J connectivity index is 2.26. The lowest BCUT2D eigenvalue weighted by Crippen LogP contribution is -2.16. The van der Waals surface area contributed by atoms with E-state index in [2.05, 4.69) is 11.6 Å². The first kappa shape index (κ1) is 13.8. The van der Waals surface area contributed by atoms with Crippen LogP contribution in [-0.4, -0.2) is 27.1 Å². The zero-order valence-electron chi connectivity index (χ0n) is 11.5. The summed E-state index contributed by atoms with van der Waals surface area (Å²) in [6.45, 7) is 3.89. The van der Waals surface area contributed by atoms with Crippen LogP contribution in [-0.2, 0) is 0 Å². The predicted molar refractivity (Wildman–Crippen MR) is 81.6 cm³/mol. The van der Waals surface area contributed by atoms with Gasteiger partial charge in [0.1, 0.15) is 18.0 Å². The summed E-state index contributed by atoms with van der Waals surface area (Å²) in [5, 5.41) is 9.39. The number of carboxylic acids is 1. The molecule has 0 aliphatic heterocycles. The Hall–Kier alpha value is -3.15. The fourth-order valence-corrected chi connectivity index (χ4v) is 2.16. The van der Waals surface area contributed by atoms with E-state index < -0.39 is 5.97 Å². The normalized spacial score (nSPS) is 10.7. The van der Waals surface area contributed by atoms with Gasteiger partial charge in [-0.25, -0.2) is 9.78 Å². The molecule has 1 N–H and O–H groups in total. The number of aromatic nitrogens is 2. The Morgan fingerprint density at radius 1 is 1.36 bits per heavy atom. The number of ether oxygens (including phenoxy) is 1.